The number of benzene rings is 9. The standard InChI is InChI=1S/C49H34/c1-49(2)43-29-26-34(30-42(43)40-23-11-18-32-19-12-25-44(49)46(32)40)45-38-20-9-10-21-39(38)47(33-16-7-4-8-17-33)48-37-24-13-22-35(31-14-5-3-6-15-31)36(37)27-28-41(45)48/h3-30H,1-2H3. The second kappa shape index (κ2) is 10.5. The Morgan fingerprint density at radius 2 is 0.939 bits per heavy atom. The van der Waals surface area contributed by atoms with E-state index in [0.717, 1.165) is 0 Å². The molecule has 0 heteroatoms. The molecule has 9 aromatic carbocycles. The second-order valence-corrected chi connectivity index (χ2v) is 14.0. The Labute approximate surface area is 286 Å². The molecule has 9 aromatic rings. The third-order valence-electron chi connectivity index (χ3n) is 11.0. The van der Waals surface area contributed by atoms with Crippen LogP contribution in [0, 0.1) is 0 Å². The van der Waals surface area contributed by atoms with E-state index in [0.29, 0.717) is 0 Å². The smallest absolute Gasteiger partial charge is 0.0159 e. The highest BCUT2D eigenvalue weighted by Crippen LogP contribution is 2.52. The van der Waals surface area contributed by atoms with Crippen LogP contribution in [-0.2, 0) is 5.41 Å². The van der Waals surface area contributed by atoms with Crippen molar-refractivity contribution >= 4 is 43.1 Å². The van der Waals surface area contributed by atoms with Gasteiger partial charge in [0.15, 0.2) is 0 Å². The summed E-state index contributed by atoms with van der Waals surface area (Å²) >= 11 is 0. The lowest BCUT2D eigenvalue weighted by Gasteiger charge is -2.35. The summed E-state index contributed by atoms with van der Waals surface area (Å²) in [6.07, 6.45) is 0. The number of rotatable bonds is 3. The summed E-state index contributed by atoms with van der Waals surface area (Å²) in [5, 5.41) is 10.4. The van der Waals surface area contributed by atoms with Crippen molar-refractivity contribution in [2.75, 3.05) is 0 Å². The lowest BCUT2D eigenvalue weighted by Crippen LogP contribution is -2.23. The van der Waals surface area contributed by atoms with Crippen molar-refractivity contribution < 1.29 is 0 Å². The minimum Gasteiger partial charge on any atom is -0.0622 e. The SMILES string of the molecule is CC1(C)c2ccc(-c3c4ccccc4c(-c4ccccc4)c4c3ccc3c(-c5ccccc5)cccc34)cc2-c2cccc3cccc1c23. The molecule has 0 aliphatic heterocycles. The van der Waals surface area contributed by atoms with Gasteiger partial charge >= 0.3 is 0 Å². The van der Waals surface area contributed by atoms with Gasteiger partial charge in [-0.05, 0) is 105 Å². The molecule has 0 amide bonds. The highest BCUT2D eigenvalue weighted by atomic mass is 14.4. The van der Waals surface area contributed by atoms with E-state index in [2.05, 4.69) is 184 Å². The lowest BCUT2D eigenvalue weighted by atomic mass is 9.68. The normalized spacial score (nSPS) is 13.3. The molecule has 49 heavy (non-hydrogen) atoms. The molecule has 1 aliphatic carbocycles. The molecule has 0 heterocycles. The molecule has 0 fully saturated rings. The van der Waals surface area contributed by atoms with Crippen molar-refractivity contribution in [3.8, 4) is 44.5 Å². The van der Waals surface area contributed by atoms with Crippen LogP contribution >= 0.6 is 0 Å². The van der Waals surface area contributed by atoms with E-state index < -0.39 is 0 Å². The van der Waals surface area contributed by atoms with Crippen LogP contribution in [0.15, 0.2) is 170 Å². The van der Waals surface area contributed by atoms with Gasteiger partial charge in [-0.3, -0.25) is 0 Å². The van der Waals surface area contributed by atoms with E-state index in [9.17, 15) is 0 Å². The van der Waals surface area contributed by atoms with Crippen molar-refractivity contribution in [3.63, 3.8) is 0 Å². The van der Waals surface area contributed by atoms with Crippen LogP contribution in [0.3, 0.4) is 0 Å². The minimum absolute atomic E-state index is 0.104. The van der Waals surface area contributed by atoms with Crippen LogP contribution in [0.25, 0.3) is 87.6 Å². The zero-order valence-electron chi connectivity index (χ0n) is 27.7. The summed E-state index contributed by atoms with van der Waals surface area (Å²) < 4.78 is 0. The molecule has 0 atom stereocenters. The van der Waals surface area contributed by atoms with Crippen LogP contribution in [0.4, 0.5) is 0 Å². The highest BCUT2D eigenvalue weighted by molar-refractivity contribution is 6.29. The highest BCUT2D eigenvalue weighted by Gasteiger charge is 2.33. The van der Waals surface area contributed by atoms with Crippen LogP contribution in [-0.4, -0.2) is 0 Å². The fourth-order valence-corrected chi connectivity index (χ4v) is 8.82. The number of hydrogen-bond donors (Lipinski definition) is 0. The second-order valence-electron chi connectivity index (χ2n) is 14.0. The summed E-state index contributed by atoms with van der Waals surface area (Å²) in [5.74, 6) is 0. The summed E-state index contributed by atoms with van der Waals surface area (Å²) in [4.78, 5) is 0. The average Bonchev–Trinajstić information content (AvgIpc) is 3.16. The topological polar surface area (TPSA) is 0 Å². The van der Waals surface area contributed by atoms with Gasteiger partial charge in [0.05, 0.1) is 0 Å². The maximum Gasteiger partial charge on any atom is 0.0159 e. The molecule has 0 spiro atoms. The molecule has 0 N–H and O–H groups in total. The van der Waals surface area contributed by atoms with Gasteiger partial charge in [0.2, 0.25) is 0 Å². The fraction of sp³-hybridized carbons (Fsp3) is 0.0612. The predicted octanol–water partition coefficient (Wildman–Crippen LogP) is 13.6. The average molecular weight is 623 g/mol. The Hall–Kier alpha value is -5.98. The molecule has 0 saturated carbocycles. The molecular formula is C49H34. The first-order valence-corrected chi connectivity index (χ1v) is 17.3. The number of fused-ring (bicyclic) bond motifs is 6. The molecule has 0 saturated heterocycles. The van der Waals surface area contributed by atoms with E-state index in [1.165, 1.54) is 98.7 Å². The van der Waals surface area contributed by atoms with Crippen molar-refractivity contribution in [1.29, 1.82) is 0 Å². The molecule has 0 bridgehead atoms. The summed E-state index contributed by atoms with van der Waals surface area (Å²) in [7, 11) is 0. The van der Waals surface area contributed by atoms with Crippen molar-refractivity contribution in [2.45, 2.75) is 19.3 Å². The lowest BCUT2D eigenvalue weighted by molar-refractivity contribution is 0.645. The maximum absolute atomic E-state index is 2.48. The van der Waals surface area contributed by atoms with Gasteiger partial charge in [-0.1, -0.05) is 178 Å². The Morgan fingerprint density at radius 3 is 1.71 bits per heavy atom. The minimum atomic E-state index is -0.104. The summed E-state index contributed by atoms with van der Waals surface area (Å²) in [6, 6.07) is 63.2. The van der Waals surface area contributed by atoms with Gasteiger partial charge in [-0.25, -0.2) is 0 Å². The third kappa shape index (κ3) is 4.04. The van der Waals surface area contributed by atoms with Crippen LogP contribution in [0.2, 0.25) is 0 Å². The van der Waals surface area contributed by atoms with Crippen molar-refractivity contribution in [1.82, 2.24) is 0 Å². The predicted molar refractivity (Wildman–Crippen MR) is 210 cm³/mol. The van der Waals surface area contributed by atoms with Gasteiger partial charge in [-0.15, -0.1) is 0 Å². The monoisotopic (exact) mass is 622 g/mol. The maximum atomic E-state index is 2.48. The summed E-state index contributed by atoms with van der Waals surface area (Å²) in [5.41, 5.74) is 12.9. The van der Waals surface area contributed by atoms with E-state index in [1.807, 2.05) is 0 Å². The van der Waals surface area contributed by atoms with E-state index in [4.69, 9.17) is 0 Å². The van der Waals surface area contributed by atoms with Gasteiger partial charge in [-0.2, -0.15) is 0 Å². The van der Waals surface area contributed by atoms with Crippen LogP contribution in [0.5, 0.6) is 0 Å². The Kier molecular flexibility index (Phi) is 6.02. The van der Waals surface area contributed by atoms with Gasteiger partial charge in [0.1, 0.15) is 0 Å². The van der Waals surface area contributed by atoms with E-state index in [1.54, 1.807) is 0 Å². The first-order valence-electron chi connectivity index (χ1n) is 17.3. The fourth-order valence-electron chi connectivity index (χ4n) is 8.82. The molecular weight excluding hydrogens is 589 g/mol. The zero-order chi connectivity index (χ0) is 32.7. The molecule has 1 aliphatic rings. The Bertz CT molecular complexity index is 2760. The van der Waals surface area contributed by atoms with E-state index in [-0.39, 0.29) is 5.41 Å². The first kappa shape index (κ1) is 28.1. The van der Waals surface area contributed by atoms with Crippen molar-refractivity contribution in [2.24, 2.45) is 0 Å². The van der Waals surface area contributed by atoms with Crippen LogP contribution in [0.1, 0.15) is 25.0 Å². The molecule has 10 rings (SSSR count). The number of hydrogen-bond acceptors (Lipinski definition) is 0. The molecule has 0 unspecified atom stereocenters. The third-order valence-corrected chi connectivity index (χ3v) is 11.0. The molecule has 230 valence electrons. The van der Waals surface area contributed by atoms with E-state index >= 15 is 0 Å². The first-order chi connectivity index (χ1) is 24.1. The van der Waals surface area contributed by atoms with Gasteiger partial charge < -0.3 is 0 Å². The zero-order valence-corrected chi connectivity index (χ0v) is 27.7. The Balaban J connectivity index is 1.35. The van der Waals surface area contributed by atoms with Gasteiger partial charge in [0, 0.05) is 5.41 Å². The van der Waals surface area contributed by atoms with Crippen LogP contribution < -0.4 is 0 Å². The van der Waals surface area contributed by atoms with Crippen molar-refractivity contribution in [3.05, 3.63) is 181 Å². The summed E-state index contributed by atoms with van der Waals surface area (Å²) in [6.45, 7) is 4.76. The quantitative estimate of drug-likeness (QED) is 0.136. The molecule has 0 nitrogen and oxygen atoms in total. The molecule has 0 aromatic heterocycles. The molecule has 0 radical (unpaired) electrons. The largest absolute Gasteiger partial charge is 0.0622 e. The van der Waals surface area contributed by atoms with Gasteiger partial charge in [0.25, 0.3) is 0 Å². The Morgan fingerprint density at radius 1 is 0.327 bits per heavy atom.